The standard InChI is InChI=1S/C12H16N4O4/c1-12(2,3)6-7-13-14-10-5-4-9(15(17)18)8-11(10)16(19)20/h4-5,7-8,14H,6H2,1-3H3/b13-7+. The van der Waals surface area contributed by atoms with Gasteiger partial charge in [0.15, 0.2) is 0 Å². The van der Waals surface area contributed by atoms with Crippen molar-refractivity contribution in [2.24, 2.45) is 10.5 Å². The highest BCUT2D eigenvalue weighted by Gasteiger charge is 2.19. The molecule has 0 bridgehead atoms. The second-order valence-corrected chi connectivity index (χ2v) is 5.40. The van der Waals surface area contributed by atoms with Crippen molar-refractivity contribution in [3.63, 3.8) is 0 Å². The van der Waals surface area contributed by atoms with E-state index >= 15 is 0 Å². The van der Waals surface area contributed by atoms with Crippen molar-refractivity contribution in [3.8, 4) is 0 Å². The normalized spacial score (nSPS) is 11.6. The summed E-state index contributed by atoms with van der Waals surface area (Å²) in [5.41, 5.74) is 2.00. The van der Waals surface area contributed by atoms with E-state index in [9.17, 15) is 20.2 Å². The molecule has 0 spiro atoms. The summed E-state index contributed by atoms with van der Waals surface area (Å²) in [5.74, 6) is 0. The topological polar surface area (TPSA) is 111 Å². The van der Waals surface area contributed by atoms with Crippen LogP contribution in [0.15, 0.2) is 23.3 Å². The zero-order valence-electron chi connectivity index (χ0n) is 11.5. The van der Waals surface area contributed by atoms with Crippen LogP contribution in [0.4, 0.5) is 17.1 Å². The summed E-state index contributed by atoms with van der Waals surface area (Å²) in [6, 6.07) is 3.36. The zero-order valence-corrected chi connectivity index (χ0v) is 11.5. The van der Waals surface area contributed by atoms with Crippen molar-refractivity contribution in [2.45, 2.75) is 27.2 Å². The highest BCUT2D eigenvalue weighted by molar-refractivity contribution is 5.67. The second kappa shape index (κ2) is 6.09. The van der Waals surface area contributed by atoms with E-state index in [1.165, 1.54) is 12.1 Å². The van der Waals surface area contributed by atoms with E-state index in [2.05, 4.69) is 10.5 Å². The highest BCUT2D eigenvalue weighted by atomic mass is 16.6. The molecule has 1 rings (SSSR count). The molecule has 0 saturated carbocycles. The Kier molecular flexibility index (Phi) is 4.73. The second-order valence-electron chi connectivity index (χ2n) is 5.40. The summed E-state index contributed by atoms with van der Waals surface area (Å²) in [5, 5.41) is 25.4. The van der Waals surface area contributed by atoms with Crippen LogP contribution < -0.4 is 5.43 Å². The van der Waals surface area contributed by atoms with E-state index in [0.29, 0.717) is 6.42 Å². The molecule has 0 aliphatic rings. The molecule has 0 heterocycles. The maximum Gasteiger partial charge on any atom is 0.301 e. The molecule has 0 saturated heterocycles. The molecule has 8 heteroatoms. The predicted molar refractivity (Wildman–Crippen MR) is 75.9 cm³/mol. The van der Waals surface area contributed by atoms with E-state index < -0.39 is 9.85 Å². The Hall–Kier alpha value is -2.51. The van der Waals surface area contributed by atoms with Crippen molar-refractivity contribution in [1.82, 2.24) is 0 Å². The molecule has 0 atom stereocenters. The number of benzene rings is 1. The van der Waals surface area contributed by atoms with Crippen LogP contribution in [0.3, 0.4) is 0 Å². The lowest BCUT2D eigenvalue weighted by Crippen LogP contribution is -2.06. The molecule has 1 aromatic rings. The lowest BCUT2D eigenvalue weighted by Gasteiger charge is -2.13. The number of rotatable bonds is 5. The maximum atomic E-state index is 10.9. The van der Waals surface area contributed by atoms with E-state index in [1.807, 2.05) is 20.8 Å². The Labute approximate surface area is 115 Å². The van der Waals surface area contributed by atoms with Crippen molar-refractivity contribution < 1.29 is 9.85 Å². The summed E-state index contributed by atoms with van der Waals surface area (Å²) in [4.78, 5) is 20.1. The third kappa shape index (κ3) is 4.63. The van der Waals surface area contributed by atoms with Crippen molar-refractivity contribution in [1.29, 1.82) is 0 Å². The molecule has 108 valence electrons. The van der Waals surface area contributed by atoms with Crippen LogP contribution in [0.25, 0.3) is 0 Å². The minimum absolute atomic E-state index is 0.0621. The third-order valence-electron chi connectivity index (χ3n) is 2.37. The van der Waals surface area contributed by atoms with Crippen LogP contribution in [0.2, 0.25) is 0 Å². The van der Waals surface area contributed by atoms with Crippen LogP contribution in [0, 0.1) is 25.6 Å². The highest BCUT2D eigenvalue weighted by Crippen LogP contribution is 2.28. The molecule has 20 heavy (non-hydrogen) atoms. The molecule has 0 amide bonds. The SMILES string of the molecule is CC(C)(C)C/C=N/Nc1ccc([N+](=O)[O-])cc1[N+](=O)[O-]. The van der Waals surface area contributed by atoms with Gasteiger partial charge in [-0.3, -0.25) is 25.7 Å². The van der Waals surface area contributed by atoms with Crippen LogP contribution in [0.1, 0.15) is 27.2 Å². The number of hydrazone groups is 1. The number of hydrogen-bond acceptors (Lipinski definition) is 6. The van der Waals surface area contributed by atoms with Gasteiger partial charge in [-0.05, 0) is 17.9 Å². The van der Waals surface area contributed by atoms with Gasteiger partial charge in [0, 0.05) is 12.3 Å². The summed E-state index contributed by atoms with van der Waals surface area (Å²) < 4.78 is 0. The Morgan fingerprint density at radius 3 is 2.40 bits per heavy atom. The molecule has 8 nitrogen and oxygen atoms in total. The summed E-state index contributed by atoms with van der Waals surface area (Å²) in [6.07, 6.45) is 2.31. The Morgan fingerprint density at radius 2 is 1.90 bits per heavy atom. The first-order chi connectivity index (χ1) is 9.20. The Morgan fingerprint density at radius 1 is 1.25 bits per heavy atom. The number of nitrogens with zero attached hydrogens (tertiary/aromatic N) is 3. The first kappa shape index (κ1) is 15.5. The summed E-state index contributed by atoms with van der Waals surface area (Å²) >= 11 is 0. The van der Waals surface area contributed by atoms with Crippen LogP contribution in [-0.2, 0) is 0 Å². The first-order valence-electron chi connectivity index (χ1n) is 5.91. The molecule has 0 aliphatic heterocycles. The first-order valence-corrected chi connectivity index (χ1v) is 5.91. The molecule has 1 N–H and O–H groups in total. The van der Waals surface area contributed by atoms with Gasteiger partial charge in [0.05, 0.1) is 15.9 Å². The Balaban J connectivity index is 2.90. The molecule has 0 radical (unpaired) electrons. The molecule has 0 fully saturated rings. The molecule has 0 aliphatic carbocycles. The molecule has 1 aromatic carbocycles. The number of nitrogens with one attached hydrogen (secondary N) is 1. The van der Waals surface area contributed by atoms with Crippen LogP contribution >= 0.6 is 0 Å². The molecular weight excluding hydrogens is 264 g/mol. The van der Waals surface area contributed by atoms with Gasteiger partial charge in [0.25, 0.3) is 5.69 Å². The van der Waals surface area contributed by atoms with Gasteiger partial charge >= 0.3 is 5.69 Å². The number of nitro groups is 2. The summed E-state index contributed by atoms with van der Waals surface area (Å²) in [6.45, 7) is 6.11. The van der Waals surface area contributed by atoms with Crippen LogP contribution in [-0.4, -0.2) is 16.1 Å². The van der Waals surface area contributed by atoms with Gasteiger partial charge in [0.1, 0.15) is 5.69 Å². The van der Waals surface area contributed by atoms with Crippen LogP contribution in [0.5, 0.6) is 0 Å². The monoisotopic (exact) mass is 280 g/mol. The fraction of sp³-hybridized carbons (Fsp3) is 0.417. The van der Waals surface area contributed by atoms with Gasteiger partial charge < -0.3 is 0 Å². The van der Waals surface area contributed by atoms with E-state index in [0.717, 1.165) is 6.07 Å². The smallest absolute Gasteiger partial charge is 0.272 e. The largest absolute Gasteiger partial charge is 0.301 e. The van der Waals surface area contributed by atoms with Gasteiger partial charge in [0.2, 0.25) is 0 Å². The maximum absolute atomic E-state index is 10.9. The minimum Gasteiger partial charge on any atom is -0.272 e. The zero-order chi connectivity index (χ0) is 15.3. The fourth-order valence-electron chi connectivity index (χ4n) is 1.31. The average molecular weight is 280 g/mol. The van der Waals surface area contributed by atoms with Gasteiger partial charge in [-0.25, -0.2) is 0 Å². The van der Waals surface area contributed by atoms with E-state index in [1.54, 1.807) is 6.21 Å². The van der Waals surface area contributed by atoms with Crippen molar-refractivity contribution >= 4 is 23.3 Å². The average Bonchev–Trinajstić information content (AvgIpc) is 2.33. The van der Waals surface area contributed by atoms with Crippen molar-refractivity contribution in [2.75, 3.05) is 5.43 Å². The van der Waals surface area contributed by atoms with Crippen molar-refractivity contribution in [3.05, 3.63) is 38.4 Å². The van der Waals surface area contributed by atoms with Gasteiger partial charge in [-0.2, -0.15) is 5.10 Å². The number of anilines is 1. The lowest BCUT2D eigenvalue weighted by molar-refractivity contribution is -0.393. The summed E-state index contributed by atoms with van der Waals surface area (Å²) in [7, 11) is 0. The lowest BCUT2D eigenvalue weighted by atomic mass is 9.93. The fourth-order valence-corrected chi connectivity index (χ4v) is 1.31. The Bertz CT molecular complexity index is 549. The number of hydrogen-bond donors (Lipinski definition) is 1. The molecule has 0 aromatic heterocycles. The van der Waals surface area contributed by atoms with E-state index in [-0.39, 0.29) is 22.5 Å². The predicted octanol–water partition coefficient (Wildman–Crippen LogP) is 3.34. The molecule has 0 unspecified atom stereocenters. The third-order valence-corrected chi connectivity index (χ3v) is 2.37. The quantitative estimate of drug-likeness (QED) is 0.505. The van der Waals surface area contributed by atoms with Gasteiger partial charge in [-0.1, -0.05) is 20.8 Å². The number of non-ortho nitro benzene ring substituents is 1. The van der Waals surface area contributed by atoms with E-state index in [4.69, 9.17) is 0 Å². The molecular formula is C12H16N4O4. The van der Waals surface area contributed by atoms with Gasteiger partial charge in [-0.15, -0.1) is 0 Å². The number of nitro benzene ring substituents is 2. The minimum atomic E-state index is -0.686.